The maximum atomic E-state index is 12.6. The van der Waals surface area contributed by atoms with Crippen molar-refractivity contribution in [3.05, 3.63) is 47.3 Å². The van der Waals surface area contributed by atoms with E-state index < -0.39 is 11.9 Å². The van der Waals surface area contributed by atoms with Crippen LogP contribution in [0.2, 0.25) is 0 Å². The van der Waals surface area contributed by atoms with Crippen molar-refractivity contribution in [1.82, 2.24) is 9.78 Å². The SMILES string of the molecule is Cc1ccc(C(N)=NO)c(-n2ccc(C(F)(F)F)n2)c1. The lowest BCUT2D eigenvalue weighted by atomic mass is 10.1. The van der Waals surface area contributed by atoms with Crippen LogP contribution in [0.15, 0.2) is 35.6 Å². The third-order valence-corrected chi connectivity index (χ3v) is 2.66. The molecule has 106 valence electrons. The number of benzene rings is 1. The summed E-state index contributed by atoms with van der Waals surface area (Å²) in [5.74, 6) is -0.205. The smallest absolute Gasteiger partial charge is 0.409 e. The first-order chi connectivity index (χ1) is 9.32. The van der Waals surface area contributed by atoms with E-state index in [1.54, 1.807) is 25.1 Å². The zero-order valence-corrected chi connectivity index (χ0v) is 10.4. The van der Waals surface area contributed by atoms with E-state index >= 15 is 0 Å². The molecule has 0 saturated heterocycles. The van der Waals surface area contributed by atoms with Gasteiger partial charge in [0.15, 0.2) is 11.5 Å². The third kappa shape index (κ3) is 2.58. The van der Waals surface area contributed by atoms with E-state index in [1.165, 1.54) is 6.20 Å². The number of aromatic nitrogens is 2. The molecular formula is C12H11F3N4O. The predicted octanol–water partition coefficient (Wildman–Crippen LogP) is 2.29. The minimum Gasteiger partial charge on any atom is -0.409 e. The number of halogens is 3. The molecule has 20 heavy (non-hydrogen) atoms. The van der Waals surface area contributed by atoms with Gasteiger partial charge in [-0.25, -0.2) is 4.68 Å². The molecule has 2 aromatic rings. The zero-order chi connectivity index (χ0) is 14.9. The van der Waals surface area contributed by atoms with Crippen molar-refractivity contribution in [2.24, 2.45) is 10.9 Å². The average Bonchev–Trinajstić information content (AvgIpc) is 2.87. The average molecular weight is 284 g/mol. The Kier molecular flexibility index (Phi) is 3.39. The number of alkyl halides is 3. The summed E-state index contributed by atoms with van der Waals surface area (Å²) in [7, 11) is 0. The van der Waals surface area contributed by atoms with Gasteiger partial charge in [-0.3, -0.25) is 0 Å². The Balaban J connectivity index is 2.57. The molecule has 0 fully saturated rings. The number of amidine groups is 1. The van der Waals surface area contributed by atoms with Gasteiger partial charge in [-0.15, -0.1) is 0 Å². The van der Waals surface area contributed by atoms with Crippen LogP contribution in [0.1, 0.15) is 16.8 Å². The fraction of sp³-hybridized carbons (Fsp3) is 0.167. The maximum absolute atomic E-state index is 12.6. The lowest BCUT2D eigenvalue weighted by molar-refractivity contribution is -0.141. The molecule has 2 rings (SSSR count). The van der Waals surface area contributed by atoms with Crippen molar-refractivity contribution in [3.63, 3.8) is 0 Å². The van der Waals surface area contributed by atoms with Gasteiger partial charge in [-0.1, -0.05) is 11.2 Å². The molecule has 8 heteroatoms. The Bertz CT molecular complexity index is 661. The molecule has 1 heterocycles. The van der Waals surface area contributed by atoms with Crippen LogP contribution in [0.5, 0.6) is 0 Å². The second-order valence-electron chi connectivity index (χ2n) is 4.15. The highest BCUT2D eigenvalue weighted by Crippen LogP contribution is 2.28. The van der Waals surface area contributed by atoms with Gasteiger partial charge in [0.05, 0.1) is 5.69 Å². The zero-order valence-electron chi connectivity index (χ0n) is 10.4. The van der Waals surface area contributed by atoms with E-state index in [1.807, 2.05) is 0 Å². The molecule has 0 aliphatic rings. The van der Waals surface area contributed by atoms with Crippen LogP contribution < -0.4 is 5.73 Å². The monoisotopic (exact) mass is 284 g/mol. The molecule has 0 aliphatic carbocycles. The van der Waals surface area contributed by atoms with Crippen LogP contribution in [0, 0.1) is 6.92 Å². The van der Waals surface area contributed by atoms with Gasteiger partial charge in [0.25, 0.3) is 0 Å². The highest BCUT2D eigenvalue weighted by atomic mass is 19.4. The minimum absolute atomic E-state index is 0.205. The molecule has 0 amide bonds. The predicted molar refractivity (Wildman–Crippen MR) is 65.8 cm³/mol. The van der Waals surface area contributed by atoms with E-state index in [-0.39, 0.29) is 11.4 Å². The van der Waals surface area contributed by atoms with Crippen LogP contribution in [-0.2, 0) is 6.18 Å². The molecule has 1 aromatic heterocycles. The molecule has 0 unspecified atom stereocenters. The lowest BCUT2D eigenvalue weighted by Gasteiger charge is -2.09. The first-order valence-corrected chi connectivity index (χ1v) is 5.54. The summed E-state index contributed by atoms with van der Waals surface area (Å²) in [6, 6.07) is 5.71. The molecule has 0 saturated carbocycles. The first kappa shape index (κ1) is 13.9. The maximum Gasteiger partial charge on any atom is 0.435 e. The molecule has 0 radical (unpaired) electrons. The van der Waals surface area contributed by atoms with Gasteiger partial charge in [0.1, 0.15) is 0 Å². The summed E-state index contributed by atoms with van der Waals surface area (Å²) in [5.41, 5.74) is 5.89. The van der Waals surface area contributed by atoms with E-state index in [2.05, 4.69) is 10.3 Å². The van der Waals surface area contributed by atoms with Gasteiger partial charge in [-0.05, 0) is 30.7 Å². The van der Waals surface area contributed by atoms with Crippen molar-refractivity contribution in [2.45, 2.75) is 13.1 Å². The molecule has 0 spiro atoms. The van der Waals surface area contributed by atoms with Gasteiger partial charge in [-0.2, -0.15) is 18.3 Å². The van der Waals surface area contributed by atoms with Crippen molar-refractivity contribution < 1.29 is 18.4 Å². The van der Waals surface area contributed by atoms with Gasteiger partial charge in [0.2, 0.25) is 0 Å². The standard InChI is InChI=1S/C12H11F3N4O/c1-7-2-3-8(11(16)18-20)9(6-7)19-5-4-10(17-19)12(13,14)15/h2-6,20H,1H3,(H2,16,18). The Morgan fingerprint density at radius 2 is 2.05 bits per heavy atom. The molecule has 3 N–H and O–H groups in total. The molecular weight excluding hydrogens is 273 g/mol. The number of oxime groups is 1. The highest BCUT2D eigenvalue weighted by Gasteiger charge is 2.33. The number of hydrogen-bond acceptors (Lipinski definition) is 3. The van der Waals surface area contributed by atoms with E-state index in [0.717, 1.165) is 16.3 Å². The summed E-state index contributed by atoms with van der Waals surface area (Å²) >= 11 is 0. The summed E-state index contributed by atoms with van der Waals surface area (Å²) in [6.07, 6.45) is -3.35. The third-order valence-electron chi connectivity index (χ3n) is 2.66. The Labute approximate surface area is 112 Å². The van der Waals surface area contributed by atoms with Crippen molar-refractivity contribution >= 4 is 5.84 Å². The van der Waals surface area contributed by atoms with Gasteiger partial charge < -0.3 is 10.9 Å². The highest BCUT2D eigenvalue weighted by molar-refractivity contribution is 6.00. The summed E-state index contributed by atoms with van der Waals surface area (Å²) in [5, 5.41) is 15.0. The van der Waals surface area contributed by atoms with Crippen molar-refractivity contribution in [2.75, 3.05) is 0 Å². The summed E-state index contributed by atoms with van der Waals surface area (Å²) in [4.78, 5) is 0. The van der Waals surface area contributed by atoms with E-state index in [4.69, 9.17) is 10.9 Å². The largest absolute Gasteiger partial charge is 0.435 e. The second-order valence-corrected chi connectivity index (χ2v) is 4.15. The fourth-order valence-corrected chi connectivity index (χ4v) is 1.71. The minimum atomic E-state index is -4.52. The number of aryl methyl sites for hydroxylation is 1. The topological polar surface area (TPSA) is 76.4 Å². The normalized spacial score (nSPS) is 12.7. The molecule has 5 nitrogen and oxygen atoms in total. The molecule has 0 atom stereocenters. The fourth-order valence-electron chi connectivity index (χ4n) is 1.71. The van der Waals surface area contributed by atoms with Gasteiger partial charge in [0, 0.05) is 11.8 Å². The molecule has 0 bridgehead atoms. The number of nitrogens with two attached hydrogens (primary N) is 1. The summed E-state index contributed by atoms with van der Waals surface area (Å²) < 4.78 is 38.7. The molecule has 1 aromatic carbocycles. The van der Waals surface area contributed by atoms with E-state index in [0.29, 0.717) is 5.69 Å². The number of hydrogen-bond donors (Lipinski definition) is 2. The van der Waals surface area contributed by atoms with Crippen molar-refractivity contribution in [3.8, 4) is 5.69 Å². The Morgan fingerprint density at radius 3 is 2.60 bits per heavy atom. The van der Waals surface area contributed by atoms with Crippen LogP contribution in [0.4, 0.5) is 13.2 Å². The van der Waals surface area contributed by atoms with Crippen LogP contribution >= 0.6 is 0 Å². The number of nitrogens with zero attached hydrogens (tertiary/aromatic N) is 3. The summed E-state index contributed by atoms with van der Waals surface area (Å²) in [6.45, 7) is 1.77. The van der Waals surface area contributed by atoms with E-state index in [9.17, 15) is 13.2 Å². The van der Waals surface area contributed by atoms with Gasteiger partial charge >= 0.3 is 6.18 Å². The van der Waals surface area contributed by atoms with Crippen LogP contribution in [0.3, 0.4) is 0 Å². The van der Waals surface area contributed by atoms with Crippen LogP contribution in [0.25, 0.3) is 5.69 Å². The Hall–Kier alpha value is -2.51. The van der Waals surface area contributed by atoms with Crippen molar-refractivity contribution in [1.29, 1.82) is 0 Å². The number of rotatable bonds is 2. The second kappa shape index (κ2) is 4.87. The Morgan fingerprint density at radius 1 is 1.35 bits per heavy atom. The first-order valence-electron chi connectivity index (χ1n) is 5.54. The molecule has 0 aliphatic heterocycles. The lowest BCUT2D eigenvalue weighted by Crippen LogP contribution is -2.17. The van der Waals surface area contributed by atoms with Crippen LogP contribution in [-0.4, -0.2) is 20.8 Å². The quantitative estimate of drug-likeness (QED) is 0.384.